The lowest BCUT2D eigenvalue weighted by atomic mass is 10.1. The summed E-state index contributed by atoms with van der Waals surface area (Å²) in [5.74, 6) is 0.845. The standard InChI is InChI=1S/C19H22ClNO2/c1-14-3-10-18(11-4-14)23-13-15(2)21-19(22)12-7-16-5-8-17(20)9-6-16/h3-6,8-11,15H,7,12-13H2,1-2H3,(H,21,22)/t15-/m1/s1. The summed E-state index contributed by atoms with van der Waals surface area (Å²) in [6, 6.07) is 15.4. The molecule has 0 bridgehead atoms. The van der Waals surface area contributed by atoms with E-state index in [1.54, 1.807) is 0 Å². The average molecular weight is 332 g/mol. The Morgan fingerprint density at radius 1 is 1.13 bits per heavy atom. The van der Waals surface area contributed by atoms with Crippen molar-refractivity contribution in [2.24, 2.45) is 0 Å². The van der Waals surface area contributed by atoms with Gasteiger partial charge in [0.25, 0.3) is 0 Å². The first-order valence-electron chi connectivity index (χ1n) is 7.76. The van der Waals surface area contributed by atoms with Gasteiger partial charge < -0.3 is 10.1 Å². The van der Waals surface area contributed by atoms with Crippen LogP contribution in [-0.2, 0) is 11.2 Å². The maximum Gasteiger partial charge on any atom is 0.220 e. The highest BCUT2D eigenvalue weighted by Crippen LogP contribution is 2.12. The van der Waals surface area contributed by atoms with E-state index in [0.717, 1.165) is 11.3 Å². The molecule has 122 valence electrons. The lowest BCUT2D eigenvalue weighted by Crippen LogP contribution is -2.36. The van der Waals surface area contributed by atoms with Crippen molar-refractivity contribution in [3.8, 4) is 5.75 Å². The Labute approximate surface area is 142 Å². The van der Waals surface area contributed by atoms with E-state index < -0.39 is 0 Å². The molecule has 23 heavy (non-hydrogen) atoms. The zero-order chi connectivity index (χ0) is 16.7. The molecule has 0 aliphatic carbocycles. The predicted octanol–water partition coefficient (Wildman–Crippen LogP) is 4.16. The molecule has 0 unspecified atom stereocenters. The molecule has 0 aliphatic heterocycles. The fourth-order valence-electron chi connectivity index (χ4n) is 2.15. The summed E-state index contributed by atoms with van der Waals surface area (Å²) in [7, 11) is 0. The summed E-state index contributed by atoms with van der Waals surface area (Å²) in [4.78, 5) is 12.0. The zero-order valence-corrected chi connectivity index (χ0v) is 14.3. The van der Waals surface area contributed by atoms with E-state index in [4.69, 9.17) is 16.3 Å². The van der Waals surface area contributed by atoms with Gasteiger partial charge in [-0.15, -0.1) is 0 Å². The van der Waals surface area contributed by atoms with Crippen LogP contribution in [0.4, 0.5) is 0 Å². The van der Waals surface area contributed by atoms with Crippen LogP contribution in [0.3, 0.4) is 0 Å². The van der Waals surface area contributed by atoms with Crippen molar-refractivity contribution in [2.45, 2.75) is 32.7 Å². The lowest BCUT2D eigenvalue weighted by molar-refractivity contribution is -0.121. The first-order chi connectivity index (χ1) is 11.0. The highest BCUT2D eigenvalue weighted by Gasteiger charge is 2.08. The van der Waals surface area contributed by atoms with Crippen LogP contribution in [0.2, 0.25) is 5.02 Å². The molecule has 2 rings (SSSR count). The van der Waals surface area contributed by atoms with Crippen molar-refractivity contribution < 1.29 is 9.53 Å². The predicted molar refractivity (Wildman–Crippen MR) is 94.1 cm³/mol. The Hall–Kier alpha value is -2.00. The van der Waals surface area contributed by atoms with E-state index in [1.807, 2.05) is 62.4 Å². The van der Waals surface area contributed by atoms with Crippen LogP contribution in [0.1, 0.15) is 24.5 Å². The van der Waals surface area contributed by atoms with Gasteiger partial charge >= 0.3 is 0 Å². The lowest BCUT2D eigenvalue weighted by Gasteiger charge is -2.15. The number of halogens is 1. The van der Waals surface area contributed by atoms with E-state index in [9.17, 15) is 4.79 Å². The fourth-order valence-corrected chi connectivity index (χ4v) is 2.28. The maximum atomic E-state index is 12.0. The van der Waals surface area contributed by atoms with Gasteiger partial charge in [0, 0.05) is 11.4 Å². The van der Waals surface area contributed by atoms with Crippen LogP contribution in [0.15, 0.2) is 48.5 Å². The Morgan fingerprint density at radius 2 is 1.78 bits per heavy atom. The number of nitrogens with one attached hydrogen (secondary N) is 1. The maximum absolute atomic E-state index is 12.0. The fraction of sp³-hybridized carbons (Fsp3) is 0.316. The van der Waals surface area contributed by atoms with E-state index in [0.29, 0.717) is 24.5 Å². The number of hydrogen-bond acceptors (Lipinski definition) is 2. The van der Waals surface area contributed by atoms with Crippen molar-refractivity contribution in [1.82, 2.24) is 5.32 Å². The zero-order valence-electron chi connectivity index (χ0n) is 13.5. The summed E-state index contributed by atoms with van der Waals surface area (Å²) in [6.45, 7) is 4.43. The minimum absolute atomic E-state index is 0.0277. The van der Waals surface area contributed by atoms with Crippen LogP contribution in [0.25, 0.3) is 0 Å². The van der Waals surface area contributed by atoms with Gasteiger partial charge in [0.15, 0.2) is 0 Å². The minimum atomic E-state index is -0.0333. The number of hydrogen-bond donors (Lipinski definition) is 1. The first-order valence-corrected chi connectivity index (χ1v) is 8.14. The molecule has 2 aromatic carbocycles. The van der Waals surface area contributed by atoms with E-state index in [1.165, 1.54) is 5.56 Å². The third-order valence-electron chi connectivity index (χ3n) is 3.48. The Morgan fingerprint density at radius 3 is 2.43 bits per heavy atom. The Kier molecular flexibility index (Phi) is 6.48. The van der Waals surface area contributed by atoms with Gasteiger partial charge in [-0.2, -0.15) is 0 Å². The number of rotatable bonds is 7. The van der Waals surface area contributed by atoms with Crippen LogP contribution in [0, 0.1) is 6.92 Å². The quantitative estimate of drug-likeness (QED) is 0.827. The molecule has 0 spiro atoms. The molecule has 1 amide bonds. The SMILES string of the molecule is Cc1ccc(OC[C@@H](C)NC(=O)CCc2ccc(Cl)cc2)cc1. The second kappa shape index (κ2) is 8.59. The molecule has 0 fully saturated rings. The second-order valence-corrected chi connectivity index (χ2v) is 6.16. The van der Waals surface area contributed by atoms with E-state index in [2.05, 4.69) is 5.32 Å². The largest absolute Gasteiger partial charge is 0.491 e. The normalized spacial score (nSPS) is 11.8. The van der Waals surface area contributed by atoms with Crippen molar-refractivity contribution >= 4 is 17.5 Å². The van der Waals surface area contributed by atoms with Crippen LogP contribution >= 0.6 is 11.6 Å². The van der Waals surface area contributed by atoms with Gasteiger partial charge in [0.2, 0.25) is 5.91 Å². The third kappa shape index (κ3) is 6.33. The summed E-state index contributed by atoms with van der Waals surface area (Å²) < 4.78 is 5.67. The summed E-state index contributed by atoms with van der Waals surface area (Å²) in [6.07, 6.45) is 1.16. The topological polar surface area (TPSA) is 38.3 Å². The molecule has 0 aliphatic rings. The molecule has 0 aromatic heterocycles. The molecular weight excluding hydrogens is 310 g/mol. The highest BCUT2D eigenvalue weighted by molar-refractivity contribution is 6.30. The van der Waals surface area contributed by atoms with Gasteiger partial charge in [0.05, 0.1) is 6.04 Å². The van der Waals surface area contributed by atoms with Gasteiger partial charge in [-0.1, -0.05) is 41.4 Å². The van der Waals surface area contributed by atoms with Gasteiger partial charge in [-0.25, -0.2) is 0 Å². The molecule has 3 nitrogen and oxygen atoms in total. The van der Waals surface area contributed by atoms with Crippen LogP contribution in [-0.4, -0.2) is 18.6 Å². The molecule has 1 atom stereocenters. The molecule has 0 saturated carbocycles. The van der Waals surface area contributed by atoms with Crippen molar-refractivity contribution in [2.75, 3.05) is 6.61 Å². The average Bonchev–Trinajstić information content (AvgIpc) is 2.54. The molecule has 4 heteroatoms. The van der Waals surface area contributed by atoms with E-state index >= 15 is 0 Å². The van der Waals surface area contributed by atoms with Crippen molar-refractivity contribution in [3.05, 3.63) is 64.7 Å². The third-order valence-corrected chi connectivity index (χ3v) is 3.73. The van der Waals surface area contributed by atoms with E-state index in [-0.39, 0.29) is 11.9 Å². The van der Waals surface area contributed by atoms with Gasteiger partial charge in [0.1, 0.15) is 12.4 Å². The summed E-state index contributed by atoms with van der Waals surface area (Å²) in [5.41, 5.74) is 2.30. The highest BCUT2D eigenvalue weighted by atomic mass is 35.5. The number of amides is 1. The van der Waals surface area contributed by atoms with Crippen LogP contribution in [0.5, 0.6) is 5.75 Å². The number of carbonyl (C=O) groups excluding carboxylic acids is 1. The smallest absolute Gasteiger partial charge is 0.220 e. The van der Waals surface area contributed by atoms with Crippen molar-refractivity contribution in [1.29, 1.82) is 0 Å². The number of aryl methyl sites for hydroxylation is 2. The molecule has 0 radical (unpaired) electrons. The monoisotopic (exact) mass is 331 g/mol. The number of carbonyl (C=O) groups is 1. The molecule has 0 saturated heterocycles. The molecule has 0 heterocycles. The van der Waals surface area contributed by atoms with Gasteiger partial charge in [-0.3, -0.25) is 4.79 Å². The number of ether oxygens (including phenoxy) is 1. The molecule has 1 N–H and O–H groups in total. The molecular formula is C19H22ClNO2. The van der Waals surface area contributed by atoms with Crippen molar-refractivity contribution in [3.63, 3.8) is 0 Å². The minimum Gasteiger partial charge on any atom is -0.491 e. The second-order valence-electron chi connectivity index (χ2n) is 5.72. The Balaban J connectivity index is 1.69. The number of benzene rings is 2. The summed E-state index contributed by atoms with van der Waals surface area (Å²) in [5, 5.41) is 3.66. The molecule has 2 aromatic rings. The Bertz CT molecular complexity index is 623. The summed E-state index contributed by atoms with van der Waals surface area (Å²) >= 11 is 5.84. The first kappa shape index (κ1) is 17.4. The van der Waals surface area contributed by atoms with Crippen LogP contribution < -0.4 is 10.1 Å². The van der Waals surface area contributed by atoms with Gasteiger partial charge in [-0.05, 0) is 50.1 Å².